The zero-order valence-corrected chi connectivity index (χ0v) is 21.8. The number of ether oxygens (including phenoxy) is 2. The molecule has 1 aromatic heterocycles. The van der Waals surface area contributed by atoms with Crippen molar-refractivity contribution >= 4 is 38.3 Å². The number of aromatic nitrogens is 1. The first kappa shape index (κ1) is 27.1. The minimum atomic E-state index is -3.43. The van der Waals surface area contributed by atoms with Gasteiger partial charge < -0.3 is 14.5 Å². The maximum Gasteiger partial charge on any atom is 0.355 e. The Bertz CT molecular complexity index is 1450. The Balaban J connectivity index is 2.14. The van der Waals surface area contributed by atoms with E-state index in [2.05, 4.69) is 11.6 Å². The third kappa shape index (κ3) is 6.40. The molecule has 0 unspecified atom stereocenters. The van der Waals surface area contributed by atoms with E-state index in [4.69, 9.17) is 9.47 Å². The molecule has 1 N–H and O–H groups in total. The number of esters is 2. The molecule has 0 atom stereocenters. The first-order valence-corrected chi connectivity index (χ1v) is 13.4. The van der Waals surface area contributed by atoms with Crippen LogP contribution in [0.25, 0.3) is 27.6 Å². The highest BCUT2D eigenvalue weighted by Crippen LogP contribution is 2.37. The van der Waals surface area contributed by atoms with Gasteiger partial charge in [-0.25, -0.2) is 17.6 Å². The van der Waals surface area contributed by atoms with Crippen LogP contribution in [0, 0.1) is 5.82 Å². The zero-order valence-electron chi connectivity index (χ0n) is 21.0. The number of rotatable bonds is 8. The second kappa shape index (κ2) is 10.3. The molecule has 0 saturated carbocycles. The van der Waals surface area contributed by atoms with Gasteiger partial charge in [0.25, 0.3) is 0 Å². The molecule has 0 aliphatic carbocycles. The Kier molecular flexibility index (Phi) is 7.73. The minimum Gasteiger partial charge on any atom is -0.461 e. The van der Waals surface area contributed by atoms with E-state index in [0.29, 0.717) is 33.2 Å². The van der Waals surface area contributed by atoms with Gasteiger partial charge in [0.1, 0.15) is 17.1 Å². The van der Waals surface area contributed by atoms with E-state index in [-0.39, 0.29) is 24.3 Å². The summed E-state index contributed by atoms with van der Waals surface area (Å²) < 4.78 is 48.8. The normalized spacial score (nSPS) is 11.9. The number of carbonyl (C=O) groups is 2. The highest BCUT2D eigenvalue weighted by atomic mass is 32.2. The average molecular weight is 516 g/mol. The summed E-state index contributed by atoms with van der Waals surface area (Å²) in [5.74, 6) is -2.21. The Morgan fingerprint density at radius 2 is 1.83 bits per heavy atom. The standard InChI is InChI=1S/C27H30FNO6S/c1-7-34-26(31)25-23(17-11-12-18(21(28)14-17)15-36(6,32)33)20-10-8-9-19(24(20)29-25)16(2)13-22(30)35-27(3,4)5/h8-12,14,29H,2,7,13,15H2,1,3-6H3. The van der Waals surface area contributed by atoms with Gasteiger partial charge in [0.15, 0.2) is 9.84 Å². The van der Waals surface area contributed by atoms with Gasteiger partial charge in [0.2, 0.25) is 0 Å². The summed E-state index contributed by atoms with van der Waals surface area (Å²) in [5.41, 5.74) is 1.88. The van der Waals surface area contributed by atoms with Crippen molar-refractivity contribution in [2.24, 2.45) is 0 Å². The molecule has 192 valence electrons. The Hall–Kier alpha value is -3.46. The molecule has 0 spiro atoms. The number of benzene rings is 2. The molecule has 9 heteroatoms. The molecule has 0 bridgehead atoms. The van der Waals surface area contributed by atoms with Crippen molar-refractivity contribution in [2.75, 3.05) is 12.9 Å². The predicted molar refractivity (Wildman–Crippen MR) is 138 cm³/mol. The molecular weight excluding hydrogens is 485 g/mol. The lowest BCUT2D eigenvalue weighted by Crippen LogP contribution is -2.23. The summed E-state index contributed by atoms with van der Waals surface area (Å²) in [7, 11) is -3.43. The number of sulfone groups is 1. The van der Waals surface area contributed by atoms with Gasteiger partial charge in [0.05, 0.1) is 24.3 Å². The summed E-state index contributed by atoms with van der Waals surface area (Å²) in [6.45, 7) is 11.2. The molecule has 0 aliphatic rings. The van der Waals surface area contributed by atoms with Crippen LogP contribution in [0.5, 0.6) is 0 Å². The smallest absolute Gasteiger partial charge is 0.355 e. The van der Waals surface area contributed by atoms with Crippen LogP contribution >= 0.6 is 0 Å². The van der Waals surface area contributed by atoms with E-state index in [0.717, 1.165) is 6.26 Å². The fourth-order valence-corrected chi connectivity index (χ4v) is 4.72. The number of fused-ring (bicyclic) bond motifs is 1. The van der Waals surface area contributed by atoms with Gasteiger partial charge in [-0.15, -0.1) is 0 Å². The van der Waals surface area contributed by atoms with E-state index < -0.39 is 38.9 Å². The number of carbonyl (C=O) groups excluding carboxylic acids is 2. The molecule has 1 heterocycles. The summed E-state index contributed by atoms with van der Waals surface area (Å²) in [5, 5.41) is 0.594. The number of hydrogen-bond donors (Lipinski definition) is 1. The van der Waals surface area contributed by atoms with Crippen molar-refractivity contribution in [2.45, 2.75) is 45.5 Å². The van der Waals surface area contributed by atoms with Gasteiger partial charge in [0, 0.05) is 28.3 Å². The summed E-state index contributed by atoms with van der Waals surface area (Å²) >= 11 is 0. The molecule has 2 aromatic carbocycles. The minimum absolute atomic E-state index is 0.0326. The van der Waals surface area contributed by atoms with Crippen LogP contribution < -0.4 is 0 Å². The maximum atomic E-state index is 14.9. The van der Waals surface area contributed by atoms with Crippen LogP contribution in [0.15, 0.2) is 43.0 Å². The second-order valence-electron chi connectivity index (χ2n) is 9.57. The fraction of sp³-hybridized carbons (Fsp3) is 0.333. The van der Waals surface area contributed by atoms with Crippen LogP contribution in [-0.4, -0.2) is 43.8 Å². The van der Waals surface area contributed by atoms with Crippen molar-refractivity contribution in [1.29, 1.82) is 0 Å². The van der Waals surface area contributed by atoms with Gasteiger partial charge >= 0.3 is 11.9 Å². The van der Waals surface area contributed by atoms with Crippen molar-refractivity contribution < 1.29 is 31.9 Å². The second-order valence-corrected chi connectivity index (χ2v) is 11.7. The zero-order chi connectivity index (χ0) is 26.8. The molecule has 0 radical (unpaired) electrons. The largest absolute Gasteiger partial charge is 0.461 e. The Labute approximate surface area is 210 Å². The van der Waals surface area contributed by atoms with E-state index in [1.165, 1.54) is 12.1 Å². The number of para-hydroxylation sites is 1. The molecule has 7 nitrogen and oxygen atoms in total. The summed E-state index contributed by atoms with van der Waals surface area (Å²) in [6, 6.07) is 9.44. The van der Waals surface area contributed by atoms with E-state index in [1.54, 1.807) is 52.0 Å². The van der Waals surface area contributed by atoms with Gasteiger partial charge in [-0.05, 0) is 44.9 Å². The van der Waals surface area contributed by atoms with Crippen molar-refractivity contribution in [1.82, 2.24) is 4.98 Å². The Morgan fingerprint density at radius 3 is 2.42 bits per heavy atom. The third-order valence-corrected chi connectivity index (χ3v) is 6.07. The molecule has 0 fully saturated rings. The molecule has 36 heavy (non-hydrogen) atoms. The summed E-state index contributed by atoms with van der Waals surface area (Å²) in [6.07, 6.45) is 0.971. The van der Waals surface area contributed by atoms with Gasteiger partial charge in [-0.3, -0.25) is 4.79 Å². The van der Waals surface area contributed by atoms with Crippen LogP contribution in [-0.2, 0) is 29.9 Å². The molecular formula is C27H30FNO6S. The number of nitrogens with one attached hydrogen (secondary N) is 1. The summed E-state index contributed by atoms with van der Waals surface area (Å²) in [4.78, 5) is 28.3. The average Bonchev–Trinajstić information content (AvgIpc) is 3.12. The topological polar surface area (TPSA) is 103 Å². The van der Waals surface area contributed by atoms with Crippen molar-refractivity contribution in [3.63, 3.8) is 0 Å². The first-order chi connectivity index (χ1) is 16.7. The number of aromatic amines is 1. The lowest BCUT2D eigenvalue weighted by Gasteiger charge is -2.20. The molecule has 0 amide bonds. The lowest BCUT2D eigenvalue weighted by atomic mass is 9.97. The van der Waals surface area contributed by atoms with Crippen LogP contribution in [0.4, 0.5) is 4.39 Å². The fourth-order valence-electron chi connectivity index (χ4n) is 3.92. The van der Waals surface area contributed by atoms with Crippen LogP contribution in [0.1, 0.15) is 55.7 Å². The van der Waals surface area contributed by atoms with E-state index in [9.17, 15) is 22.4 Å². The van der Waals surface area contributed by atoms with Crippen molar-refractivity contribution in [3.8, 4) is 11.1 Å². The van der Waals surface area contributed by atoms with E-state index in [1.807, 2.05) is 0 Å². The van der Waals surface area contributed by atoms with Crippen molar-refractivity contribution in [3.05, 3.63) is 65.6 Å². The predicted octanol–water partition coefficient (Wildman–Crippen LogP) is 5.44. The maximum absolute atomic E-state index is 14.9. The van der Waals surface area contributed by atoms with E-state index >= 15 is 0 Å². The number of halogens is 1. The van der Waals surface area contributed by atoms with Gasteiger partial charge in [-0.1, -0.05) is 36.9 Å². The quantitative estimate of drug-likeness (QED) is 0.401. The Morgan fingerprint density at radius 1 is 1.14 bits per heavy atom. The molecule has 0 aliphatic heterocycles. The number of H-pyrrole nitrogens is 1. The highest BCUT2D eigenvalue weighted by Gasteiger charge is 2.24. The SMILES string of the molecule is C=C(CC(=O)OC(C)(C)C)c1cccc2c(-c3ccc(CS(C)(=O)=O)c(F)c3)c(C(=O)OCC)[nH]c12. The number of hydrogen-bond acceptors (Lipinski definition) is 6. The highest BCUT2D eigenvalue weighted by molar-refractivity contribution is 7.89. The van der Waals surface area contributed by atoms with Gasteiger partial charge in [-0.2, -0.15) is 0 Å². The first-order valence-electron chi connectivity index (χ1n) is 11.4. The third-order valence-electron chi connectivity index (χ3n) is 5.23. The van der Waals surface area contributed by atoms with Crippen LogP contribution in [0.2, 0.25) is 0 Å². The molecule has 0 saturated heterocycles. The monoisotopic (exact) mass is 515 g/mol. The lowest BCUT2D eigenvalue weighted by molar-refractivity contribution is -0.153. The molecule has 3 rings (SSSR count). The van der Waals surface area contributed by atoms with Crippen LogP contribution in [0.3, 0.4) is 0 Å². The molecule has 3 aromatic rings.